The molecule has 0 bridgehead atoms. The number of ether oxygens (including phenoxy) is 1. The van der Waals surface area contributed by atoms with E-state index in [0.29, 0.717) is 12.6 Å². The topological polar surface area (TPSA) is 67.3 Å². The standard InChI is InChI=1S/C15H22N6OS/c1-11-7-16-14(17-8-11)20(2)12-5-4-6-21(9-12)15-18-13(10-22-3)19-23-15/h7-8,12H,4-6,9-10H2,1-3H3. The molecule has 0 amide bonds. The van der Waals surface area contributed by atoms with E-state index in [-0.39, 0.29) is 0 Å². The van der Waals surface area contributed by atoms with Gasteiger partial charge in [0.25, 0.3) is 0 Å². The number of anilines is 2. The molecule has 8 heteroatoms. The summed E-state index contributed by atoms with van der Waals surface area (Å²) in [5.41, 5.74) is 1.08. The van der Waals surface area contributed by atoms with Crippen LogP contribution in [0.15, 0.2) is 12.4 Å². The van der Waals surface area contributed by atoms with E-state index in [2.05, 4.69) is 36.2 Å². The van der Waals surface area contributed by atoms with Crippen LogP contribution >= 0.6 is 11.5 Å². The summed E-state index contributed by atoms with van der Waals surface area (Å²) in [7, 11) is 3.73. The van der Waals surface area contributed by atoms with Crippen molar-refractivity contribution in [2.45, 2.75) is 32.4 Å². The van der Waals surface area contributed by atoms with Gasteiger partial charge >= 0.3 is 0 Å². The van der Waals surface area contributed by atoms with E-state index in [1.807, 2.05) is 19.3 Å². The molecule has 1 aliphatic rings. The lowest BCUT2D eigenvalue weighted by molar-refractivity contribution is 0.179. The fourth-order valence-corrected chi connectivity index (χ4v) is 3.44. The van der Waals surface area contributed by atoms with Crippen molar-refractivity contribution in [3.63, 3.8) is 0 Å². The fourth-order valence-electron chi connectivity index (χ4n) is 2.74. The van der Waals surface area contributed by atoms with Gasteiger partial charge in [-0.05, 0) is 25.3 Å². The largest absolute Gasteiger partial charge is 0.377 e. The normalized spacial score (nSPS) is 18.2. The van der Waals surface area contributed by atoms with Crippen molar-refractivity contribution in [1.82, 2.24) is 19.3 Å². The van der Waals surface area contributed by atoms with Gasteiger partial charge < -0.3 is 14.5 Å². The van der Waals surface area contributed by atoms with Gasteiger partial charge in [0, 0.05) is 57.2 Å². The molecule has 1 aliphatic heterocycles. The van der Waals surface area contributed by atoms with Gasteiger partial charge in [-0.15, -0.1) is 0 Å². The quantitative estimate of drug-likeness (QED) is 0.827. The maximum absolute atomic E-state index is 5.09. The number of hydrogen-bond acceptors (Lipinski definition) is 8. The monoisotopic (exact) mass is 334 g/mol. The summed E-state index contributed by atoms with van der Waals surface area (Å²) in [5.74, 6) is 1.53. The third-order valence-corrected chi connectivity index (χ3v) is 4.84. The molecule has 2 aromatic rings. The molecule has 1 saturated heterocycles. The highest BCUT2D eigenvalue weighted by Crippen LogP contribution is 2.25. The van der Waals surface area contributed by atoms with Crippen LogP contribution in [-0.4, -0.2) is 52.6 Å². The van der Waals surface area contributed by atoms with Crippen LogP contribution in [0.2, 0.25) is 0 Å². The van der Waals surface area contributed by atoms with Crippen molar-refractivity contribution in [2.75, 3.05) is 37.0 Å². The summed E-state index contributed by atoms with van der Waals surface area (Å²) in [6.45, 7) is 4.39. The maximum Gasteiger partial charge on any atom is 0.225 e. The Labute approximate surface area is 140 Å². The number of rotatable bonds is 5. The van der Waals surface area contributed by atoms with Crippen LogP contribution in [0.4, 0.5) is 11.1 Å². The van der Waals surface area contributed by atoms with Gasteiger partial charge in [-0.2, -0.15) is 4.37 Å². The van der Waals surface area contributed by atoms with Gasteiger partial charge in [0.2, 0.25) is 11.1 Å². The van der Waals surface area contributed by atoms with Crippen LogP contribution in [0.5, 0.6) is 0 Å². The number of hydrogen-bond donors (Lipinski definition) is 0. The van der Waals surface area contributed by atoms with Crippen LogP contribution in [-0.2, 0) is 11.3 Å². The summed E-state index contributed by atoms with van der Waals surface area (Å²) in [6, 6.07) is 0.376. The minimum absolute atomic E-state index is 0.376. The summed E-state index contributed by atoms with van der Waals surface area (Å²) >= 11 is 1.44. The second-order valence-corrected chi connectivity index (χ2v) is 6.57. The molecule has 3 rings (SSSR count). The molecule has 2 aromatic heterocycles. The predicted molar refractivity (Wildman–Crippen MR) is 91.0 cm³/mol. The van der Waals surface area contributed by atoms with Gasteiger partial charge in [-0.3, -0.25) is 0 Å². The van der Waals surface area contributed by atoms with Gasteiger partial charge in [-0.1, -0.05) is 0 Å². The molecule has 0 aliphatic carbocycles. The van der Waals surface area contributed by atoms with E-state index in [0.717, 1.165) is 48.4 Å². The average molecular weight is 334 g/mol. The highest BCUT2D eigenvalue weighted by molar-refractivity contribution is 7.09. The number of piperidine rings is 1. The van der Waals surface area contributed by atoms with Gasteiger partial charge in [0.15, 0.2) is 5.82 Å². The molecule has 0 saturated carbocycles. The van der Waals surface area contributed by atoms with Crippen molar-refractivity contribution in [2.24, 2.45) is 0 Å². The van der Waals surface area contributed by atoms with E-state index >= 15 is 0 Å². The lowest BCUT2D eigenvalue weighted by atomic mass is 10.1. The molecule has 1 fully saturated rings. The molecular weight excluding hydrogens is 312 g/mol. The van der Waals surface area contributed by atoms with E-state index in [1.165, 1.54) is 11.5 Å². The first-order chi connectivity index (χ1) is 11.2. The second kappa shape index (κ2) is 7.18. The molecular formula is C15H22N6OS. The van der Waals surface area contributed by atoms with Crippen molar-refractivity contribution in [3.05, 3.63) is 23.8 Å². The first-order valence-electron chi connectivity index (χ1n) is 7.75. The Morgan fingerprint density at radius 3 is 2.91 bits per heavy atom. The molecule has 3 heterocycles. The number of nitrogens with zero attached hydrogens (tertiary/aromatic N) is 6. The average Bonchev–Trinajstić information content (AvgIpc) is 3.04. The molecule has 0 radical (unpaired) electrons. The number of methoxy groups -OCH3 is 1. The molecule has 23 heavy (non-hydrogen) atoms. The molecule has 124 valence electrons. The first-order valence-corrected chi connectivity index (χ1v) is 8.52. The number of aromatic nitrogens is 4. The summed E-state index contributed by atoms with van der Waals surface area (Å²) in [4.78, 5) is 17.9. The Balaban J connectivity index is 1.68. The number of likely N-dealkylation sites (N-methyl/N-ethyl adjacent to an activating group) is 1. The van der Waals surface area contributed by atoms with Gasteiger partial charge in [0.1, 0.15) is 6.61 Å². The minimum atomic E-state index is 0.376. The van der Waals surface area contributed by atoms with E-state index in [9.17, 15) is 0 Å². The Hall–Kier alpha value is -1.80. The van der Waals surface area contributed by atoms with E-state index in [1.54, 1.807) is 7.11 Å². The highest BCUT2D eigenvalue weighted by Gasteiger charge is 2.26. The van der Waals surface area contributed by atoms with Crippen LogP contribution in [0.3, 0.4) is 0 Å². The first kappa shape index (κ1) is 16.1. The lowest BCUT2D eigenvalue weighted by Crippen LogP contribution is -2.47. The molecule has 1 atom stereocenters. The maximum atomic E-state index is 5.09. The Morgan fingerprint density at radius 1 is 1.39 bits per heavy atom. The van der Waals surface area contributed by atoms with Crippen LogP contribution in [0.1, 0.15) is 24.2 Å². The zero-order valence-corrected chi connectivity index (χ0v) is 14.6. The van der Waals surface area contributed by atoms with Gasteiger partial charge in [0.05, 0.1) is 0 Å². The molecule has 0 aromatic carbocycles. The molecule has 1 unspecified atom stereocenters. The van der Waals surface area contributed by atoms with E-state index < -0.39 is 0 Å². The van der Waals surface area contributed by atoms with Crippen LogP contribution < -0.4 is 9.80 Å². The van der Waals surface area contributed by atoms with Crippen LogP contribution in [0, 0.1) is 6.92 Å². The zero-order valence-electron chi connectivity index (χ0n) is 13.8. The van der Waals surface area contributed by atoms with Crippen molar-refractivity contribution < 1.29 is 4.74 Å². The third kappa shape index (κ3) is 3.76. The van der Waals surface area contributed by atoms with Crippen molar-refractivity contribution in [3.8, 4) is 0 Å². The summed E-state index contributed by atoms with van der Waals surface area (Å²) in [5, 5.41) is 0.972. The molecule has 7 nitrogen and oxygen atoms in total. The van der Waals surface area contributed by atoms with Crippen molar-refractivity contribution >= 4 is 22.6 Å². The zero-order chi connectivity index (χ0) is 16.2. The fraction of sp³-hybridized carbons (Fsp3) is 0.600. The SMILES string of the molecule is COCc1nsc(N2CCCC(N(C)c3ncc(C)cn3)C2)n1. The highest BCUT2D eigenvalue weighted by atomic mass is 32.1. The smallest absolute Gasteiger partial charge is 0.225 e. The Bertz CT molecular complexity index is 631. The second-order valence-electron chi connectivity index (χ2n) is 5.84. The van der Waals surface area contributed by atoms with E-state index in [4.69, 9.17) is 4.74 Å². The minimum Gasteiger partial charge on any atom is -0.377 e. The molecule has 0 spiro atoms. The third-order valence-electron chi connectivity index (χ3n) is 4.03. The Morgan fingerprint density at radius 2 is 2.17 bits per heavy atom. The Kier molecular flexibility index (Phi) is 5.02. The predicted octanol–water partition coefficient (Wildman–Crippen LogP) is 1.89. The van der Waals surface area contributed by atoms with Crippen molar-refractivity contribution in [1.29, 1.82) is 0 Å². The lowest BCUT2D eigenvalue weighted by Gasteiger charge is -2.37. The van der Waals surface area contributed by atoms with Gasteiger partial charge in [-0.25, -0.2) is 15.0 Å². The number of aryl methyl sites for hydroxylation is 1. The summed E-state index contributed by atoms with van der Waals surface area (Å²) < 4.78 is 9.44. The summed E-state index contributed by atoms with van der Waals surface area (Å²) in [6.07, 6.45) is 5.98. The van der Waals surface area contributed by atoms with Crippen LogP contribution in [0.25, 0.3) is 0 Å². The molecule has 0 N–H and O–H groups in total.